The third-order valence-electron chi connectivity index (χ3n) is 2.23. The van der Waals surface area contributed by atoms with Crippen molar-refractivity contribution in [1.29, 1.82) is 0 Å². The molecule has 0 aromatic carbocycles. The number of aliphatic hydroxyl groups is 1. The minimum absolute atomic E-state index is 0.221. The zero-order chi connectivity index (χ0) is 12.5. The van der Waals surface area contributed by atoms with Gasteiger partial charge in [0, 0.05) is 0 Å². The zero-order valence-corrected chi connectivity index (χ0v) is 9.56. The Kier molecular flexibility index (Phi) is 3.19. The highest BCUT2D eigenvalue weighted by molar-refractivity contribution is 5.93. The van der Waals surface area contributed by atoms with Crippen molar-refractivity contribution >= 4 is 5.91 Å². The molecule has 0 spiro atoms. The lowest BCUT2D eigenvalue weighted by atomic mass is 9.87. The molecule has 1 aromatic heterocycles. The van der Waals surface area contributed by atoms with E-state index in [9.17, 15) is 15.0 Å². The molecule has 0 aliphatic rings. The standard InChI is InChI=1S/C11H16N2O3/c1-11(2,3)9(15)6-4-5-7(14)8(13-6)10(12)16/h4-5,9,14-15H,1-3H3,(H2,12,16). The summed E-state index contributed by atoms with van der Waals surface area (Å²) >= 11 is 0. The highest BCUT2D eigenvalue weighted by Gasteiger charge is 2.26. The van der Waals surface area contributed by atoms with Gasteiger partial charge in [0.2, 0.25) is 0 Å². The molecule has 1 rings (SSSR count). The summed E-state index contributed by atoms with van der Waals surface area (Å²) in [6.07, 6.45) is -0.828. The molecule has 0 fully saturated rings. The first-order chi connectivity index (χ1) is 7.23. The van der Waals surface area contributed by atoms with Gasteiger partial charge in [-0.15, -0.1) is 0 Å². The van der Waals surface area contributed by atoms with Crippen LogP contribution in [0.2, 0.25) is 0 Å². The molecule has 5 nitrogen and oxygen atoms in total. The van der Waals surface area contributed by atoms with Crippen molar-refractivity contribution in [3.8, 4) is 5.75 Å². The van der Waals surface area contributed by atoms with Gasteiger partial charge >= 0.3 is 0 Å². The minimum Gasteiger partial charge on any atom is -0.505 e. The highest BCUT2D eigenvalue weighted by atomic mass is 16.3. The van der Waals surface area contributed by atoms with Gasteiger partial charge in [-0.05, 0) is 17.5 Å². The quantitative estimate of drug-likeness (QED) is 0.697. The van der Waals surface area contributed by atoms with E-state index in [1.807, 2.05) is 20.8 Å². The molecule has 4 N–H and O–H groups in total. The Hall–Kier alpha value is -1.62. The van der Waals surface area contributed by atoms with E-state index in [1.165, 1.54) is 12.1 Å². The van der Waals surface area contributed by atoms with Crippen LogP contribution in [0.25, 0.3) is 0 Å². The number of nitrogens with two attached hydrogens (primary N) is 1. The predicted octanol–water partition coefficient (Wildman–Crippen LogP) is 0.966. The molecular weight excluding hydrogens is 208 g/mol. The molecule has 0 saturated heterocycles. The van der Waals surface area contributed by atoms with Crippen molar-refractivity contribution in [2.45, 2.75) is 26.9 Å². The lowest BCUT2D eigenvalue weighted by Crippen LogP contribution is -2.21. The van der Waals surface area contributed by atoms with E-state index in [1.54, 1.807) is 0 Å². The molecule has 1 heterocycles. The van der Waals surface area contributed by atoms with Crippen LogP contribution in [0, 0.1) is 5.41 Å². The summed E-state index contributed by atoms with van der Waals surface area (Å²) in [7, 11) is 0. The third kappa shape index (κ3) is 2.49. The number of rotatable bonds is 2. The molecule has 5 heteroatoms. The molecule has 0 bridgehead atoms. The van der Waals surface area contributed by atoms with E-state index in [4.69, 9.17) is 5.73 Å². The number of hydrogen-bond donors (Lipinski definition) is 3. The first-order valence-electron chi connectivity index (χ1n) is 4.91. The molecule has 0 radical (unpaired) electrons. The Bertz CT molecular complexity index is 410. The molecule has 0 aliphatic carbocycles. The van der Waals surface area contributed by atoms with Crippen molar-refractivity contribution in [2.24, 2.45) is 11.1 Å². The average Bonchev–Trinajstić information content (AvgIpc) is 2.15. The summed E-state index contributed by atoms with van der Waals surface area (Å²) < 4.78 is 0. The van der Waals surface area contributed by atoms with E-state index in [2.05, 4.69) is 4.98 Å². The zero-order valence-electron chi connectivity index (χ0n) is 9.56. The second kappa shape index (κ2) is 4.09. The SMILES string of the molecule is CC(C)(C)C(O)c1ccc(O)c(C(N)=O)n1. The van der Waals surface area contributed by atoms with Crippen molar-refractivity contribution in [3.63, 3.8) is 0 Å². The lowest BCUT2D eigenvalue weighted by molar-refractivity contribution is 0.0586. The molecule has 1 atom stereocenters. The number of amides is 1. The van der Waals surface area contributed by atoms with Crippen LogP contribution in [0.5, 0.6) is 5.75 Å². The molecular formula is C11H16N2O3. The van der Waals surface area contributed by atoms with Crippen molar-refractivity contribution < 1.29 is 15.0 Å². The van der Waals surface area contributed by atoms with Crippen molar-refractivity contribution in [3.05, 3.63) is 23.5 Å². The van der Waals surface area contributed by atoms with Gasteiger partial charge in [0.25, 0.3) is 5.91 Å². The van der Waals surface area contributed by atoms with Crippen LogP contribution in [0.1, 0.15) is 43.1 Å². The summed E-state index contributed by atoms with van der Waals surface area (Å²) in [5.41, 5.74) is 4.74. The van der Waals surface area contributed by atoms with Gasteiger partial charge in [-0.25, -0.2) is 4.98 Å². The number of hydrogen-bond acceptors (Lipinski definition) is 4. The summed E-state index contributed by atoms with van der Waals surface area (Å²) in [5, 5.41) is 19.3. The smallest absolute Gasteiger partial charge is 0.271 e. The molecule has 88 valence electrons. The average molecular weight is 224 g/mol. The number of nitrogens with zero attached hydrogens (tertiary/aromatic N) is 1. The molecule has 16 heavy (non-hydrogen) atoms. The maximum absolute atomic E-state index is 11.0. The van der Waals surface area contributed by atoms with E-state index in [0.29, 0.717) is 5.69 Å². The Balaban J connectivity index is 3.18. The molecule has 1 aromatic rings. The number of carbonyl (C=O) groups is 1. The maximum atomic E-state index is 11.0. The van der Waals surface area contributed by atoms with Gasteiger partial charge in [-0.1, -0.05) is 20.8 Å². The highest BCUT2D eigenvalue weighted by Crippen LogP contribution is 2.32. The summed E-state index contributed by atoms with van der Waals surface area (Å²) in [6, 6.07) is 2.77. The van der Waals surface area contributed by atoms with Crippen LogP contribution in [0.15, 0.2) is 12.1 Å². The fourth-order valence-corrected chi connectivity index (χ4v) is 1.24. The topological polar surface area (TPSA) is 96.4 Å². The van der Waals surface area contributed by atoms with Gasteiger partial charge in [0.15, 0.2) is 5.69 Å². The number of pyridine rings is 1. The number of aromatic hydroxyl groups is 1. The second-order valence-corrected chi connectivity index (χ2v) is 4.74. The first-order valence-corrected chi connectivity index (χ1v) is 4.91. The Morgan fingerprint density at radius 2 is 2.00 bits per heavy atom. The van der Waals surface area contributed by atoms with Gasteiger partial charge in [0.05, 0.1) is 5.69 Å². The molecule has 1 amide bonds. The summed E-state index contributed by atoms with van der Waals surface area (Å²) in [5.74, 6) is -1.10. The van der Waals surface area contributed by atoms with Crippen molar-refractivity contribution in [1.82, 2.24) is 4.98 Å². The van der Waals surface area contributed by atoms with Crippen LogP contribution >= 0.6 is 0 Å². The third-order valence-corrected chi connectivity index (χ3v) is 2.23. The molecule has 0 aliphatic heterocycles. The number of aromatic nitrogens is 1. The van der Waals surface area contributed by atoms with Crippen LogP contribution in [-0.2, 0) is 0 Å². The van der Waals surface area contributed by atoms with Gasteiger partial charge in [-0.2, -0.15) is 0 Å². The Morgan fingerprint density at radius 3 is 2.44 bits per heavy atom. The van der Waals surface area contributed by atoms with Crippen molar-refractivity contribution in [2.75, 3.05) is 0 Å². The molecule has 1 unspecified atom stereocenters. The number of carbonyl (C=O) groups excluding carboxylic acids is 1. The fraction of sp³-hybridized carbons (Fsp3) is 0.455. The monoisotopic (exact) mass is 224 g/mol. The normalized spacial score (nSPS) is 13.5. The van der Waals surface area contributed by atoms with Gasteiger partial charge in [-0.3, -0.25) is 4.79 Å². The Morgan fingerprint density at radius 1 is 1.44 bits per heavy atom. The fourth-order valence-electron chi connectivity index (χ4n) is 1.24. The van der Waals surface area contributed by atoms with Crippen LogP contribution in [0.4, 0.5) is 0 Å². The first kappa shape index (κ1) is 12.4. The van der Waals surface area contributed by atoms with E-state index >= 15 is 0 Å². The van der Waals surface area contributed by atoms with Gasteiger partial charge < -0.3 is 15.9 Å². The van der Waals surface area contributed by atoms with Gasteiger partial charge in [0.1, 0.15) is 11.9 Å². The van der Waals surface area contributed by atoms with E-state index < -0.39 is 17.4 Å². The largest absolute Gasteiger partial charge is 0.505 e. The van der Waals surface area contributed by atoms with E-state index in [-0.39, 0.29) is 11.4 Å². The second-order valence-electron chi connectivity index (χ2n) is 4.74. The lowest BCUT2D eigenvalue weighted by Gasteiger charge is -2.25. The maximum Gasteiger partial charge on any atom is 0.271 e. The van der Waals surface area contributed by atoms with Crippen LogP contribution in [-0.4, -0.2) is 21.1 Å². The summed E-state index contributed by atoms with van der Waals surface area (Å²) in [4.78, 5) is 14.8. The predicted molar refractivity (Wildman–Crippen MR) is 58.8 cm³/mol. The molecule has 0 saturated carbocycles. The van der Waals surface area contributed by atoms with Crippen LogP contribution < -0.4 is 5.73 Å². The minimum atomic E-state index is -0.828. The van der Waals surface area contributed by atoms with Crippen LogP contribution in [0.3, 0.4) is 0 Å². The Labute approximate surface area is 93.9 Å². The summed E-state index contributed by atoms with van der Waals surface area (Å²) in [6.45, 7) is 5.53. The number of aliphatic hydroxyl groups excluding tert-OH is 1. The van der Waals surface area contributed by atoms with E-state index in [0.717, 1.165) is 0 Å². The number of primary amides is 1.